The minimum atomic E-state index is -0.799. The molecule has 0 heterocycles. The van der Waals surface area contributed by atoms with Crippen molar-refractivity contribution in [2.24, 2.45) is 5.92 Å². The third-order valence-electron chi connectivity index (χ3n) is 3.64. The maximum atomic E-state index is 13.6. The monoisotopic (exact) mass is 331 g/mol. The average molecular weight is 332 g/mol. The summed E-state index contributed by atoms with van der Waals surface area (Å²) in [6.07, 6.45) is 5.81. The van der Waals surface area contributed by atoms with Crippen LogP contribution in [0.15, 0.2) is 16.6 Å². The van der Waals surface area contributed by atoms with E-state index < -0.39 is 11.6 Å². The van der Waals surface area contributed by atoms with Crippen molar-refractivity contribution in [3.05, 3.63) is 33.8 Å². The van der Waals surface area contributed by atoms with Gasteiger partial charge >= 0.3 is 0 Å². The maximum Gasteiger partial charge on any atom is 0.173 e. The molecule has 1 aliphatic carbocycles. The molecule has 0 bridgehead atoms. The van der Waals surface area contributed by atoms with Crippen LogP contribution in [0.4, 0.5) is 8.78 Å². The fourth-order valence-electron chi connectivity index (χ4n) is 2.30. The van der Waals surface area contributed by atoms with Crippen LogP contribution in [0.25, 0.3) is 0 Å². The van der Waals surface area contributed by atoms with Crippen LogP contribution < -0.4 is 5.32 Å². The highest BCUT2D eigenvalue weighted by atomic mass is 79.9. The van der Waals surface area contributed by atoms with Gasteiger partial charge < -0.3 is 5.32 Å². The van der Waals surface area contributed by atoms with E-state index in [9.17, 15) is 8.78 Å². The van der Waals surface area contributed by atoms with Crippen molar-refractivity contribution < 1.29 is 8.78 Å². The second-order valence-corrected chi connectivity index (χ2v) is 6.09. The van der Waals surface area contributed by atoms with Crippen molar-refractivity contribution in [2.45, 2.75) is 45.1 Å². The van der Waals surface area contributed by atoms with Crippen molar-refractivity contribution >= 4 is 15.9 Å². The Bertz CT molecular complexity index is 432. The Labute approximate surface area is 121 Å². The van der Waals surface area contributed by atoms with Gasteiger partial charge in [-0.3, -0.25) is 0 Å². The van der Waals surface area contributed by atoms with Crippen LogP contribution >= 0.6 is 15.9 Å². The lowest BCUT2D eigenvalue weighted by Gasteiger charge is -2.20. The Hall–Kier alpha value is -0.480. The Kier molecular flexibility index (Phi) is 5.34. The number of benzene rings is 1. The summed E-state index contributed by atoms with van der Waals surface area (Å²) in [5.41, 5.74) is 0.827. The summed E-state index contributed by atoms with van der Waals surface area (Å²) in [6.45, 7) is 2.99. The van der Waals surface area contributed by atoms with Gasteiger partial charge in [-0.25, -0.2) is 8.78 Å². The van der Waals surface area contributed by atoms with Gasteiger partial charge in [0.25, 0.3) is 0 Å². The summed E-state index contributed by atoms with van der Waals surface area (Å²) in [7, 11) is 0. The first-order valence-electron chi connectivity index (χ1n) is 7.00. The normalized spacial score (nSPS) is 16.6. The lowest BCUT2D eigenvalue weighted by Crippen LogP contribution is -2.23. The number of hydrogen-bond donors (Lipinski definition) is 1. The minimum Gasteiger partial charge on any atom is -0.310 e. The Morgan fingerprint density at radius 1 is 1.37 bits per heavy atom. The summed E-state index contributed by atoms with van der Waals surface area (Å²) in [5.74, 6) is -0.741. The Balaban J connectivity index is 2.12. The van der Waals surface area contributed by atoms with E-state index in [0.717, 1.165) is 37.3 Å². The highest BCUT2D eigenvalue weighted by Gasteiger charge is 2.24. The van der Waals surface area contributed by atoms with E-state index in [1.165, 1.54) is 18.9 Å². The van der Waals surface area contributed by atoms with E-state index >= 15 is 0 Å². The van der Waals surface area contributed by atoms with Crippen LogP contribution in [-0.4, -0.2) is 6.54 Å². The molecule has 19 heavy (non-hydrogen) atoms. The molecule has 1 nitrogen and oxygen atoms in total. The third kappa shape index (κ3) is 3.99. The fraction of sp³-hybridized carbons (Fsp3) is 0.600. The number of hydrogen-bond acceptors (Lipinski definition) is 1. The smallest absolute Gasteiger partial charge is 0.173 e. The topological polar surface area (TPSA) is 12.0 Å². The van der Waals surface area contributed by atoms with Crippen LogP contribution in [-0.2, 0) is 0 Å². The second kappa shape index (κ2) is 6.80. The molecule has 106 valence electrons. The number of rotatable bonds is 7. The molecular weight excluding hydrogens is 312 g/mol. The Morgan fingerprint density at radius 3 is 2.74 bits per heavy atom. The van der Waals surface area contributed by atoms with Crippen molar-refractivity contribution in [1.82, 2.24) is 5.32 Å². The molecule has 1 unspecified atom stereocenters. The predicted molar refractivity (Wildman–Crippen MR) is 77.1 cm³/mol. The largest absolute Gasteiger partial charge is 0.310 e. The molecule has 1 aromatic rings. The first kappa shape index (κ1) is 14.9. The van der Waals surface area contributed by atoms with Gasteiger partial charge in [0, 0.05) is 6.04 Å². The maximum absolute atomic E-state index is 13.6. The summed E-state index contributed by atoms with van der Waals surface area (Å²) in [4.78, 5) is 0. The minimum absolute atomic E-state index is 0.102. The number of nitrogens with one attached hydrogen (secondary N) is 1. The third-order valence-corrected chi connectivity index (χ3v) is 4.45. The lowest BCUT2D eigenvalue weighted by molar-refractivity contribution is 0.457. The summed E-state index contributed by atoms with van der Waals surface area (Å²) in [6, 6.07) is 3.00. The molecule has 0 saturated heterocycles. The second-order valence-electron chi connectivity index (χ2n) is 5.29. The van der Waals surface area contributed by atoms with Gasteiger partial charge in [-0.2, -0.15) is 0 Å². The lowest BCUT2D eigenvalue weighted by atomic mass is 10.00. The molecule has 1 N–H and O–H groups in total. The van der Waals surface area contributed by atoms with Crippen LogP contribution in [0.5, 0.6) is 0 Å². The highest BCUT2D eigenvalue weighted by molar-refractivity contribution is 9.10. The summed E-state index contributed by atoms with van der Waals surface area (Å²) in [5, 5.41) is 3.44. The van der Waals surface area contributed by atoms with Gasteiger partial charge in [0.2, 0.25) is 0 Å². The fourth-order valence-corrected chi connectivity index (χ4v) is 2.90. The first-order chi connectivity index (χ1) is 9.13. The Morgan fingerprint density at radius 2 is 2.11 bits per heavy atom. The van der Waals surface area contributed by atoms with Crippen molar-refractivity contribution in [3.8, 4) is 0 Å². The van der Waals surface area contributed by atoms with Gasteiger partial charge in [0.15, 0.2) is 11.6 Å². The van der Waals surface area contributed by atoms with Crippen LogP contribution in [0.2, 0.25) is 0 Å². The van der Waals surface area contributed by atoms with Crippen molar-refractivity contribution in [2.75, 3.05) is 6.54 Å². The SMILES string of the molecule is CCCNC(CCC1CC1)c1ccc(F)c(F)c1Br. The van der Waals surface area contributed by atoms with Gasteiger partial charge in [-0.15, -0.1) is 0 Å². The van der Waals surface area contributed by atoms with Crippen LogP contribution in [0.1, 0.15) is 50.6 Å². The highest BCUT2D eigenvalue weighted by Crippen LogP contribution is 2.37. The molecule has 0 amide bonds. The van der Waals surface area contributed by atoms with Gasteiger partial charge in [0.05, 0.1) is 4.47 Å². The first-order valence-corrected chi connectivity index (χ1v) is 7.79. The van der Waals surface area contributed by atoms with E-state index in [-0.39, 0.29) is 10.5 Å². The standard InChI is InChI=1S/C15H20BrF2N/c1-2-9-19-13(8-5-10-3-4-10)11-6-7-12(17)15(18)14(11)16/h6-7,10,13,19H,2-5,8-9H2,1H3. The van der Waals surface area contributed by atoms with Crippen LogP contribution in [0, 0.1) is 17.6 Å². The van der Waals surface area contributed by atoms with E-state index in [4.69, 9.17) is 0 Å². The molecule has 0 spiro atoms. The quantitative estimate of drug-likeness (QED) is 0.696. The van der Waals surface area contributed by atoms with Gasteiger partial charge in [-0.1, -0.05) is 25.8 Å². The zero-order valence-electron chi connectivity index (χ0n) is 11.2. The molecule has 0 aromatic heterocycles. The molecule has 4 heteroatoms. The van der Waals surface area contributed by atoms with E-state index in [2.05, 4.69) is 28.2 Å². The van der Waals surface area contributed by atoms with E-state index in [1.807, 2.05) is 0 Å². The molecule has 1 aliphatic rings. The van der Waals surface area contributed by atoms with Gasteiger partial charge in [0.1, 0.15) is 0 Å². The van der Waals surface area contributed by atoms with Crippen LogP contribution in [0.3, 0.4) is 0 Å². The molecule has 1 saturated carbocycles. The molecule has 1 fully saturated rings. The average Bonchev–Trinajstić information content (AvgIpc) is 3.21. The zero-order chi connectivity index (χ0) is 13.8. The van der Waals surface area contributed by atoms with E-state index in [0.29, 0.717) is 0 Å². The zero-order valence-corrected chi connectivity index (χ0v) is 12.8. The number of halogens is 3. The molecular formula is C15H20BrF2N. The van der Waals surface area contributed by atoms with Crippen molar-refractivity contribution in [3.63, 3.8) is 0 Å². The summed E-state index contributed by atoms with van der Waals surface area (Å²) >= 11 is 3.19. The van der Waals surface area contributed by atoms with Gasteiger partial charge in [-0.05, 0) is 59.3 Å². The predicted octanol–water partition coefficient (Wildman–Crippen LogP) is 4.96. The van der Waals surface area contributed by atoms with E-state index in [1.54, 1.807) is 6.07 Å². The molecule has 1 atom stereocenters. The molecule has 2 rings (SSSR count). The molecule has 0 aliphatic heterocycles. The molecule has 1 aromatic carbocycles. The van der Waals surface area contributed by atoms with Crippen molar-refractivity contribution in [1.29, 1.82) is 0 Å². The summed E-state index contributed by atoms with van der Waals surface area (Å²) < 4.78 is 27.1. The molecule has 0 radical (unpaired) electrons.